The van der Waals surface area contributed by atoms with Gasteiger partial charge >= 0.3 is 0 Å². The Labute approximate surface area is 380 Å². The van der Waals surface area contributed by atoms with Crippen molar-refractivity contribution in [3.05, 3.63) is 231 Å². The van der Waals surface area contributed by atoms with Crippen LogP contribution < -0.4 is 0 Å². The van der Waals surface area contributed by atoms with E-state index in [1.807, 2.05) is 12.3 Å². The van der Waals surface area contributed by atoms with Gasteiger partial charge in [0.15, 0.2) is 0 Å². The molecule has 2 heterocycles. The van der Waals surface area contributed by atoms with E-state index < -0.39 is 0 Å². The lowest BCUT2D eigenvalue weighted by molar-refractivity contribution is 1.40. The van der Waals surface area contributed by atoms with Crippen LogP contribution in [0.5, 0.6) is 0 Å². The molecule has 0 bridgehead atoms. The summed E-state index contributed by atoms with van der Waals surface area (Å²) in [7, 11) is 0. The van der Waals surface area contributed by atoms with Gasteiger partial charge in [-0.2, -0.15) is 0 Å². The maximum absolute atomic E-state index is 5.62. The summed E-state index contributed by atoms with van der Waals surface area (Å²) in [5, 5.41) is 19.8. The number of fused-ring (bicyclic) bond motifs is 16. The van der Waals surface area contributed by atoms with Crippen LogP contribution in [0.1, 0.15) is 0 Å². The SMILES string of the molecule is c1ccc2c(-c3ccc(-c4cc(-c5ccc6c7ccccc7c7ccccc7c6c5)c5cc(-c6ccc7c8ccccc8c8ccccc8c7c6)c6ccccc6c5n4)cc3)ccnc2c1. The first-order valence-corrected chi connectivity index (χ1v) is 22.7. The van der Waals surface area contributed by atoms with E-state index in [9.17, 15) is 0 Å². The minimum absolute atomic E-state index is 0.939. The molecule has 0 N–H and O–H groups in total. The van der Waals surface area contributed by atoms with Crippen LogP contribution in [-0.2, 0) is 0 Å². The summed E-state index contributed by atoms with van der Waals surface area (Å²) in [5.41, 5.74) is 11.0. The number of rotatable bonds is 4. The van der Waals surface area contributed by atoms with E-state index in [1.54, 1.807) is 0 Å². The zero-order valence-corrected chi connectivity index (χ0v) is 35.8. The van der Waals surface area contributed by atoms with E-state index >= 15 is 0 Å². The summed E-state index contributed by atoms with van der Waals surface area (Å²) in [6.45, 7) is 0. The van der Waals surface area contributed by atoms with Crippen LogP contribution in [0.2, 0.25) is 0 Å². The third kappa shape index (κ3) is 5.55. The maximum Gasteiger partial charge on any atom is 0.0794 e. The van der Waals surface area contributed by atoms with Gasteiger partial charge in [0, 0.05) is 27.9 Å². The van der Waals surface area contributed by atoms with Crippen molar-refractivity contribution in [3.8, 4) is 44.6 Å². The van der Waals surface area contributed by atoms with Crippen LogP contribution in [0.4, 0.5) is 0 Å². The second-order valence-electron chi connectivity index (χ2n) is 17.6. The predicted molar refractivity (Wildman–Crippen MR) is 281 cm³/mol. The molecule has 66 heavy (non-hydrogen) atoms. The van der Waals surface area contributed by atoms with Gasteiger partial charge in [0.25, 0.3) is 0 Å². The minimum atomic E-state index is 0.939. The van der Waals surface area contributed by atoms with Crippen molar-refractivity contribution in [2.75, 3.05) is 0 Å². The molecule has 0 aliphatic rings. The van der Waals surface area contributed by atoms with E-state index in [2.05, 4.69) is 223 Å². The third-order valence-electron chi connectivity index (χ3n) is 14.1. The quantitative estimate of drug-likeness (QED) is 0.165. The number of para-hydroxylation sites is 1. The molecule has 0 spiro atoms. The van der Waals surface area contributed by atoms with E-state index in [-0.39, 0.29) is 0 Å². The van der Waals surface area contributed by atoms with Gasteiger partial charge in [-0.25, -0.2) is 4.98 Å². The first-order valence-electron chi connectivity index (χ1n) is 22.7. The normalized spacial score (nSPS) is 11.9. The number of benzene rings is 12. The van der Waals surface area contributed by atoms with Crippen LogP contribution in [0.25, 0.3) is 142 Å². The molecule has 0 saturated carbocycles. The summed E-state index contributed by atoms with van der Waals surface area (Å²) in [4.78, 5) is 10.2. The van der Waals surface area contributed by atoms with Gasteiger partial charge < -0.3 is 0 Å². The van der Waals surface area contributed by atoms with E-state index in [0.717, 1.165) is 55.1 Å². The van der Waals surface area contributed by atoms with Crippen LogP contribution in [0, 0.1) is 0 Å². The van der Waals surface area contributed by atoms with Gasteiger partial charge in [0.1, 0.15) is 0 Å². The number of hydrogen-bond donors (Lipinski definition) is 0. The number of nitrogens with zero attached hydrogens (tertiary/aromatic N) is 2. The lowest BCUT2D eigenvalue weighted by Crippen LogP contribution is -1.94. The monoisotopic (exact) mass is 834 g/mol. The summed E-state index contributed by atoms with van der Waals surface area (Å²) >= 11 is 0. The average molecular weight is 835 g/mol. The first-order chi connectivity index (χ1) is 32.7. The Bertz CT molecular complexity index is 4260. The van der Waals surface area contributed by atoms with E-state index in [0.29, 0.717) is 0 Å². The smallest absolute Gasteiger partial charge is 0.0794 e. The largest absolute Gasteiger partial charge is 0.256 e. The fraction of sp³-hybridized carbons (Fsp3) is 0. The highest BCUT2D eigenvalue weighted by Gasteiger charge is 2.19. The summed E-state index contributed by atoms with van der Waals surface area (Å²) in [6, 6.07) is 82.4. The fourth-order valence-corrected chi connectivity index (χ4v) is 11.0. The third-order valence-corrected chi connectivity index (χ3v) is 14.1. The Morgan fingerprint density at radius 2 is 0.621 bits per heavy atom. The molecule has 0 aliphatic heterocycles. The molecule has 2 heteroatoms. The van der Waals surface area contributed by atoms with Gasteiger partial charge in [0.2, 0.25) is 0 Å². The number of pyridine rings is 2. The van der Waals surface area contributed by atoms with Crippen LogP contribution in [0.15, 0.2) is 231 Å². The second-order valence-corrected chi connectivity index (χ2v) is 17.6. The molecule has 304 valence electrons. The first kappa shape index (κ1) is 36.7. The molecule has 12 aromatic carbocycles. The molecule has 2 aromatic heterocycles. The molecule has 14 aromatic rings. The van der Waals surface area contributed by atoms with Crippen LogP contribution in [-0.4, -0.2) is 9.97 Å². The van der Waals surface area contributed by atoms with Gasteiger partial charge in [-0.1, -0.05) is 188 Å². The van der Waals surface area contributed by atoms with Gasteiger partial charge in [0.05, 0.1) is 16.7 Å². The van der Waals surface area contributed by atoms with Crippen molar-refractivity contribution in [1.82, 2.24) is 9.97 Å². The molecular weight excluding hydrogens is 797 g/mol. The molecule has 14 rings (SSSR count). The summed E-state index contributed by atoms with van der Waals surface area (Å²) in [5.74, 6) is 0. The van der Waals surface area contributed by atoms with Crippen molar-refractivity contribution in [1.29, 1.82) is 0 Å². The van der Waals surface area contributed by atoms with Crippen molar-refractivity contribution in [3.63, 3.8) is 0 Å². The number of aromatic nitrogens is 2. The van der Waals surface area contributed by atoms with Crippen molar-refractivity contribution < 1.29 is 0 Å². The molecule has 0 atom stereocenters. The zero-order valence-electron chi connectivity index (χ0n) is 35.8. The lowest BCUT2D eigenvalue weighted by atomic mass is 9.87. The van der Waals surface area contributed by atoms with Gasteiger partial charge in [-0.05, 0) is 140 Å². The molecule has 0 amide bonds. The number of hydrogen-bond acceptors (Lipinski definition) is 2. The standard InChI is InChI=1S/C64H38N2/c1-3-17-48-44(13-1)46-15-5-7-19-50(46)59-35-41(29-31-53(48)59)57-37-61-58(42-30-32-54-49-18-4-2-14-45(49)47-16-6-8-20-51(47)60(54)36-42)38-63(66-64(61)56-23-10-9-21-52(56)57)40-27-25-39(26-28-40)43-33-34-65-62-24-12-11-22-55(43)62/h1-38H. The molecular formula is C64H38N2. The molecule has 0 aliphatic carbocycles. The Kier molecular flexibility index (Phi) is 8.02. The van der Waals surface area contributed by atoms with Crippen LogP contribution >= 0.6 is 0 Å². The van der Waals surface area contributed by atoms with Crippen LogP contribution in [0.3, 0.4) is 0 Å². The molecule has 0 radical (unpaired) electrons. The van der Waals surface area contributed by atoms with Gasteiger partial charge in [-0.3, -0.25) is 4.98 Å². The maximum atomic E-state index is 5.62. The molecule has 0 fully saturated rings. The summed E-state index contributed by atoms with van der Waals surface area (Å²) < 4.78 is 0. The highest BCUT2D eigenvalue weighted by molar-refractivity contribution is 6.28. The van der Waals surface area contributed by atoms with Gasteiger partial charge in [-0.15, -0.1) is 0 Å². The Morgan fingerprint density at radius 3 is 1.15 bits per heavy atom. The minimum Gasteiger partial charge on any atom is -0.256 e. The van der Waals surface area contributed by atoms with E-state index in [1.165, 1.54) is 86.7 Å². The lowest BCUT2D eigenvalue weighted by Gasteiger charge is -2.18. The second kappa shape index (κ2) is 14.4. The van der Waals surface area contributed by atoms with E-state index in [4.69, 9.17) is 4.98 Å². The predicted octanol–water partition coefficient (Wildman–Crippen LogP) is 17.5. The Morgan fingerprint density at radius 1 is 0.227 bits per heavy atom. The Hall–Kier alpha value is -8.72. The highest BCUT2D eigenvalue weighted by Crippen LogP contribution is 2.45. The molecule has 0 unspecified atom stereocenters. The highest BCUT2D eigenvalue weighted by atomic mass is 14.7. The van der Waals surface area contributed by atoms with Crippen molar-refractivity contribution in [2.24, 2.45) is 0 Å². The fourth-order valence-electron chi connectivity index (χ4n) is 11.0. The molecule has 2 nitrogen and oxygen atoms in total. The zero-order chi connectivity index (χ0) is 43.3. The molecule has 0 saturated heterocycles. The topological polar surface area (TPSA) is 25.8 Å². The van der Waals surface area contributed by atoms with Crippen molar-refractivity contribution >= 4 is 97.2 Å². The summed E-state index contributed by atoms with van der Waals surface area (Å²) in [6.07, 6.45) is 1.90. The Balaban J connectivity index is 1.04. The van der Waals surface area contributed by atoms with Crippen molar-refractivity contribution in [2.45, 2.75) is 0 Å². The average Bonchev–Trinajstić information content (AvgIpc) is 3.40.